The third-order valence-electron chi connectivity index (χ3n) is 9.87. The van der Waals surface area contributed by atoms with Crippen molar-refractivity contribution in [3.8, 4) is 23.0 Å². The quantitative estimate of drug-likeness (QED) is 0.128. The fourth-order valence-corrected chi connectivity index (χ4v) is 7.61. The molecule has 0 radical (unpaired) electrons. The molecule has 0 spiro atoms. The first-order valence-corrected chi connectivity index (χ1v) is 15.2. The Morgan fingerprint density at radius 3 is 2.81 bits per heavy atom. The zero-order chi connectivity index (χ0) is 35.3. The lowest BCUT2D eigenvalue weighted by Gasteiger charge is -2.31. The highest BCUT2D eigenvalue weighted by Crippen LogP contribution is 2.47. The number of halogens is 5. The molecule has 3 saturated heterocycles. The van der Waals surface area contributed by atoms with Crippen LogP contribution in [0, 0.1) is 29.2 Å². The Morgan fingerprint density at radius 1 is 1.13 bits per heavy atom. The van der Waals surface area contributed by atoms with E-state index in [1.165, 1.54) is 6.20 Å². The van der Waals surface area contributed by atoms with Crippen LogP contribution in [0.25, 0.3) is 32.9 Å². The van der Waals surface area contributed by atoms with Crippen LogP contribution in [-0.4, -0.2) is 84.1 Å². The summed E-state index contributed by atoms with van der Waals surface area (Å²) in [5.41, 5.74) is 5.29. The summed E-state index contributed by atoms with van der Waals surface area (Å²) in [6.45, 7) is 6.63. The number of anilines is 2. The topological polar surface area (TPSA) is 98.9 Å². The van der Waals surface area contributed by atoms with Crippen LogP contribution in [0.5, 0.6) is 11.8 Å². The Labute approximate surface area is 270 Å². The van der Waals surface area contributed by atoms with E-state index in [1.54, 1.807) is 4.90 Å². The lowest BCUT2D eigenvalue weighted by molar-refractivity contribution is 0.108. The largest absolute Gasteiger partial charge is 0.493 e. The molecule has 14 heteroatoms. The highest BCUT2D eigenvalue weighted by molar-refractivity contribution is 6.04. The molecule has 4 atom stereocenters. The van der Waals surface area contributed by atoms with Crippen LogP contribution >= 0.6 is 0 Å². The summed E-state index contributed by atoms with van der Waals surface area (Å²) in [4.78, 5) is 17.3. The number of nitrogens with two attached hydrogens (primary N) is 1. The molecule has 4 aliphatic rings. The normalized spacial score (nSPS) is 26.9. The molecule has 47 heavy (non-hydrogen) atoms. The number of nitrogens with zero attached hydrogens (tertiary/aromatic N) is 5. The van der Waals surface area contributed by atoms with Crippen LogP contribution in [0.15, 0.2) is 30.5 Å². The molecule has 9 nitrogen and oxygen atoms in total. The fraction of sp³-hybridized carbons (Fsp3) is 0.424. The minimum atomic E-state index is -3.30. The van der Waals surface area contributed by atoms with E-state index >= 15 is 13.2 Å². The molecule has 246 valence electrons. The van der Waals surface area contributed by atoms with E-state index in [-0.39, 0.29) is 60.3 Å². The van der Waals surface area contributed by atoms with Gasteiger partial charge in [-0.3, -0.25) is 9.88 Å². The highest BCUT2D eigenvalue weighted by Gasteiger charge is 2.56. The number of alkyl halides is 1. The van der Waals surface area contributed by atoms with E-state index in [2.05, 4.69) is 26.4 Å². The number of methoxy groups -OCH3 is 1. The summed E-state index contributed by atoms with van der Waals surface area (Å²) >= 11 is 0. The average molecular weight is 658 g/mol. The molecule has 3 aliphatic heterocycles. The molecular formula is C33H31F5N6O3. The molecule has 4 aromatic rings. The fourth-order valence-electron chi connectivity index (χ4n) is 7.61. The van der Waals surface area contributed by atoms with Gasteiger partial charge in [0.25, 0.3) is 0 Å². The molecule has 2 aromatic carbocycles. The van der Waals surface area contributed by atoms with Gasteiger partial charge in [-0.1, -0.05) is 12.2 Å². The zero-order valence-corrected chi connectivity index (χ0v) is 25.0. The second-order valence-corrected chi connectivity index (χ2v) is 12.7. The van der Waals surface area contributed by atoms with E-state index in [9.17, 15) is 8.78 Å². The van der Waals surface area contributed by atoms with E-state index in [0.717, 1.165) is 43.6 Å². The number of benzene rings is 2. The summed E-state index contributed by atoms with van der Waals surface area (Å²) in [7, 11) is -3.30. The third-order valence-corrected chi connectivity index (χ3v) is 9.87. The third kappa shape index (κ3) is 4.59. The minimum Gasteiger partial charge on any atom is -0.493 e. The summed E-state index contributed by atoms with van der Waals surface area (Å²) in [5.74, 6) is -8.18. The number of hydrogen-bond donors (Lipinski definition) is 1. The highest BCUT2D eigenvalue weighted by atomic mass is 19.2. The van der Waals surface area contributed by atoms with Crippen LogP contribution in [-0.2, 0) is 4.74 Å². The van der Waals surface area contributed by atoms with Crippen molar-refractivity contribution in [1.82, 2.24) is 19.9 Å². The molecular weight excluding hydrogens is 623 g/mol. The molecule has 2 N–H and O–H groups in total. The van der Waals surface area contributed by atoms with Gasteiger partial charge in [0.2, 0.25) is 5.82 Å². The number of nitrogen functional groups attached to an aromatic ring is 1. The Hall–Kier alpha value is -4.30. The molecule has 1 aliphatic carbocycles. The molecule has 1 saturated carbocycles. The van der Waals surface area contributed by atoms with Crippen LogP contribution in [0.4, 0.5) is 33.5 Å². The van der Waals surface area contributed by atoms with Gasteiger partial charge in [-0.2, -0.15) is 14.4 Å². The molecule has 2 aromatic heterocycles. The number of aromatic nitrogens is 3. The molecule has 0 amide bonds. The average Bonchev–Trinajstić information content (AvgIpc) is 3.47. The summed E-state index contributed by atoms with van der Waals surface area (Å²) in [5, 5.41) is -1.19. The SMILES string of the molecule is [2H]C([2H])([2H])Oc1c(F)c(F)c(F)c2cc(N)cc(-c3ncc4c(N5CCOC[C@H]6[C@H](F)[C@H]65)nc(OC[C@]56CCCN5CC(=C)C6)nc4c3F)c12. The number of ether oxygens (including phenoxy) is 3. The van der Waals surface area contributed by atoms with Crippen molar-refractivity contribution in [3.05, 3.63) is 53.8 Å². The van der Waals surface area contributed by atoms with Crippen molar-refractivity contribution in [1.29, 1.82) is 0 Å². The molecule has 0 bridgehead atoms. The monoisotopic (exact) mass is 657 g/mol. The van der Waals surface area contributed by atoms with Gasteiger partial charge in [0, 0.05) is 47.2 Å². The lowest BCUT2D eigenvalue weighted by atomic mass is 9.94. The lowest BCUT2D eigenvalue weighted by Crippen LogP contribution is -2.43. The van der Waals surface area contributed by atoms with Crippen LogP contribution in [0.3, 0.4) is 0 Å². The van der Waals surface area contributed by atoms with Crippen molar-refractivity contribution in [3.63, 3.8) is 0 Å². The summed E-state index contributed by atoms with van der Waals surface area (Å²) in [6, 6.07) is 1.27. The predicted octanol–water partition coefficient (Wildman–Crippen LogP) is 5.34. The molecule has 5 heterocycles. The van der Waals surface area contributed by atoms with Gasteiger partial charge in [0.05, 0.1) is 41.3 Å². The maximum Gasteiger partial charge on any atom is 0.319 e. The van der Waals surface area contributed by atoms with Crippen molar-refractivity contribution < 1.29 is 40.3 Å². The Balaban J connectivity index is 1.32. The minimum absolute atomic E-state index is 0.0869. The Bertz CT molecular complexity index is 2090. The second-order valence-electron chi connectivity index (χ2n) is 12.7. The Kier molecular flexibility index (Phi) is 6.19. The van der Waals surface area contributed by atoms with Crippen LogP contribution in [0.2, 0.25) is 0 Å². The van der Waals surface area contributed by atoms with Gasteiger partial charge in [-0.05, 0) is 37.9 Å². The van der Waals surface area contributed by atoms with E-state index in [4.69, 9.17) is 24.1 Å². The van der Waals surface area contributed by atoms with Crippen molar-refractivity contribution in [2.24, 2.45) is 5.92 Å². The van der Waals surface area contributed by atoms with Gasteiger partial charge in [0.15, 0.2) is 23.2 Å². The first-order chi connectivity index (χ1) is 23.8. The molecule has 8 rings (SSSR count). The number of pyridine rings is 1. The van der Waals surface area contributed by atoms with Gasteiger partial charge in [0.1, 0.15) is 29.8 Å². The van der Waals surface area contributed by atoms with E-state index < -0.39 is 76.2 Å². The van der Waals surface area contributed by atoms with Crippen molar-refractivity contribution in [2.75, 3.05) is 57.1 Å². The van der Waals surface area contributed by atoms with E-state index in [1.807, 2.05) is 0 Å². The second kappa shape index (κ2) is 10.9. The smallest absolute Gasteiger partial charge is 0.319 e. The maximum atomic E-state index is 17.0. The van der Waals surface area contributed by atoms with Gasteiger partial charge < -0.3 is 24.8 Å². The van der Waals surface area contributed by atoms with E-state index in [0.29, 0.717) is 6.42 Å². The van der Waals surface area contributed by atoms with Crippen LogP contribution in [0.1, 0.15) is 23.4 Å². The molecule has 4 fully saturated rings. The predicted molar refractivity (Wildman–Crippen MR) is 164 cm³/mol. The van der Waals surface area contributed by atoms with Crippen molar-refractivity contribution in [2.45, 2.75) is 37.0 Å². The summed E-state index contributed by atoms with van der Waals surface area (Å²) in [6.07, 6.45) is 2.53. The first-order valence-electron chi connectivity index (χ1n) is 16.7. The van der Waals surface area contributed by atoms with Gasteiger partial charge in [-0.15, -0.1) is 0 Å². The summed E-state index contributed by atoms with van der Waals surface area (Å²) < 4.78 is 116. The number of rotatable bonds is 6. The standard InChI is InChI=1S/C33H31F5N6O3/c1-15-10-33(4-3-5-43(33)12-15)14-47-32-41-28-19(31(42-32)44-6-7-46-13-20-23(35)29(20)44)11-40-27(26(28)38)18-9-16(39)8-17-21(18)30(45-2)25(37)24(36)22(17)34/h8-9,11,20,23,29H,1,3-7,10,12-14,39H2,2H3/t20-,23-,29-,33+/m0/s1/i2D3. The molecule has 0 unspecified atom stereocenters. The zero-order valence-electron chi connectivity index (χ0n) is 28.0. The maximum absolute atomic E-state index is 17.0. The first kappa shape index (κ1) is 26.7. The van der Waals surface area contributed by atoms with Gasteiger partial charge in [-0.25, -0.2) is 17.6 Å². The number of fused-ring (bicyclic) bond motifs is 4. The van der Waals surface area contributed by atoms with Crippen molar-refractivity contribution >= 4 is 33.2 Å². The van der Waals surface area contributed by atoms with Gasteiger partial charge >= 0.3 is 6.01 Å². The van der Waals surface area contributed by atoms with Crippen LogP contribution < -0.4 is 20.1 Å². The Morgan fingerprint density at radius 2 is 1.98 bits per heavy atom. The number of hydrogen-bond acceptors (Lipinski definition) is 9.